The fourth-order valence-electron chi connectivity index (χ4n) is 1.98. The summed E-state index contributed by atoms with van der Waals surface area (Å²) in [6.45, 7) is -0.881. The largest absolute Gasteiger partial charge is 0.618 e. The third-order valence-electron chi connectivity index (χ3n) is 3.37. The standard InChI is InChI=1S/C17H15Cl2N3O5/c1-21(9-15(23)20-11-5-6-12(18)13(19)8-11)16(24)10-27-17(25)14-4-2-3-7-22(14)26/h2-8H,9-10H2,1H3,(H,20,23). The molecule has 1 aromatic carbocycles. The van der Waals surface area contributed by atoms with Gasteiger partial charge in [-0.05, 0) is 24.3 Å². The molecule has 1 heterocycles. The summed E-state index contributed by atoms with van der Waals surface area (Å²) in [7, 11) is 1.38. The number of nitrogens with one attached hydrogen (secondary N) is 1. The Kier molecular flexibility index (Phi) is 6.98. The average Bonchev–Trinajstić information content (AvgIpc) is 2.62. The molecule has 10 heteroatoms. The zero-order valence-corrected chi connectivity index (χ0v) is 15.7. The second-order valence-electron chi connectivity index (χ2n) is 5.41. The maximum absolute atomic E-state index is 12.0. The first kappa shape index (κ1) is 20.5. The molecule has 0 aliphatic rings. The third-order valence-corrected chi connectivity index (χ3v) is 4.11. The van der Waals surface area contributed by atoms with E-state index in [9.17, 15) is 19.6 Å². The summed E-state index contributed by atoms with van der Waals surface area (Å²) in [5.74, 6) is -2.02. The quantitative estimate of drug-likeness (QED) is 0.444. The lowest BCUT2D eigenvalue weighted by molar-refractivity contribution is -0.608. The van der Waals surface area contributed by atoms with E-state index in [1.807, 2.05) is 0 Å². The van der Waals surface area contributed by atoms with E-state index in [-0.39, 0.29) is 17.3 Å². The minimum absolute atomic E-state index is 0.245. The Balaban J connectivity index is 1.84. The number of amides is 2. The van der Waals surface area contributed by atoms with E-state index in [2.05, 4.69) is 5.32 Å². The molecule has 0 saturated carbocycles. The Morgan fingerprint density at radius 3 is 2.59 bits per heavy atom. The molecular weight excluding hydrogens is 397 g/mol. The van der Waals surface area contributed by atoms with Crippen molar-refractivity contribution in [1.82, 2.24) is 4.90 Å². The van der Waals surface area contributed by atoms with Crippen LogP contribution in [0.1, 0.15) is 10.5 Å². The Bertz CT molecular complexity index is 875. The number of ether oxygens (including phenoxy) is 1. The first-order valence-electron chi connectivity index (χ1n) is 7.62. The van der Waals surface area contributed by atoms with Gasteiger partial charge >= 0.3 is 11.7 Å². The zero-order valence-electron chi connectivity index (χ0n) is 14.1. The Morgan fingerprint density at radius 1 is 1.19 bits per heavy atom. The molecule has 0 bridgehead atoms. The maximum atomic E-state index is 12.0. The van der Waals surface area contributed by atoms with Crippen molar-refractivity contribution < 1.29 is 23.9 Å². The van der Waals surface area contributed by atoms with Crippen molar-refractivity contribution in [1.29, 1.82) is 0 Å². The molecule has 1 aromatic heterocycles. The van der Waals surface area contributed by atoms with Crippen LogP contribution < -0.4 is 10.0 Å². The van der Waals surface area contributed by atoms with Gasteiger partial charge in [-0.25, -0.2) is 4.79 Å². The molecule has 0 fully saturated rings. The lowest BCUT2D eigenvalue weighted by Gasteiger charge is -2.16. The van der Waals surface area contributed by atoms with Crippen molar-refractivity contribution in [2.24, 2.45) is 0 Å². The van der Waals surface area contributed by atoms with Crippen molar-refractivity contribution in [3.05, 3.63) is 63.5 Å². The molecule has 0 aliphatic heterocycles. The van der Waals surface area contributed by atoms with E-state index in [0.29, 0.717) is 15.4 Å². The van der Waals surface area contributed by atoms with Gasteiger partial charge in [-0.15, -0.1) is 0 Å². The van der Waals surface area contributed by atoms with Crippen molar-refractivity contribution in [2.45, 2.75) is 0 Å². The molecule has 8 nitrogen and oxygen atoms in total. The average molecular weight is 412 g/mol. The van der Waals surface area contributed by atoms with Crippen LogP contribution in [0.25, 0.3) is 0 Å². The van der Waals surface area contributed by atoms with E-state index < -0.39 is 24.4 Å². The van der Waals surface area contributed by atoms with Gasteiger partial charge in [-0.1, -0.05) is 23.2 Å². The summed E-state index contributed by atoms with van der Waals surface area (Å²) in [6, 6.07) is 8.78. The van der Waals surface area contributed by atoms with Crippen LogP contribution in [-0.2, 0) is 14.3 Å². The molecule has 2 aromatic rings. The van der Waals surface area contributed by atoms with E-state index in [1.54, 1.807) is 6.07 Å². The number of anilines is 1. The predicted molar refractivity (Wildman–Crippen MR) is 98.4 cm³/mol. The fraction of sp³-hybridized carbons (Fsp3) is 0.176. The Hall–Kier alpha value is -2.84. The van der Waals surface area contributed by atoms with E-state index >= 15 is 0 Å². The molecule has 0 spiro atoms. The van der Waals surface area contributed by atoms with Crippen LogP contribution in [0.15, 0.2) is 42.6 Å². The summed E-state index contributed by atoms with van der Waals surface area (Å²) >= 11 is 11.7. The Labute approximate surface area is 164 Å². The van der Waals surface area contributed by atoms with Crippen molar-refractivity contribution >= 4 is 46.7 Å². The van der Waals surface area contributed by atoms with Gasteiger partial charge in [0.05, 0.1) is 16.6 Å². The zero-order chi connectivity index (χ0) is 20.0. The topological polar surface area (TPSA) is 103 Å². The minimum Gasteiger partial charge on any atom is -0.618 e. The number of hydrogen-bond donors (Lipinski definition) is 1. The number of halogens is 2. The molecule has 2 rings (SSSR count). The lowest BCUT2D eigenvalue weighted by atomic mass is 10.3. The van der Waals surface area contributed by atoms with Crippen molar-refractivity contribution in [2.75, 3.05) is 25.5 Å². The number of benzene rings is 1. The van der Waals surface area contributed by atoms with Crippen LogP contribution in [0.4, 0.5) is 5.69 Å². The first-order chi connectivity index (χ1) is 12.8. The number of rotatable bonds is 6. The highest BCUT2D eigenvalue weighted by Crippen LogP contribution is 2.24. The van der Waals surface area contributed by atoms with Crippen molar-refractivity contribution in [3.63, 3.8) is 0 Å². The second kappa shape index (κ2) is 9.20. The third kappa shape index (κ3) is 5.83. The molecule has 142 valence electrons. The van der Waals surface area contributed by atoms with Crippen LogP contribution >= 0.6 is 23.2 Å². The van der Waals surface area contributed by atoms with Crippen LogP contribution in [-0.4, -0.2) is 42.9 Å². The van der Waals surface area contributed by atoms with Crippen molar-refractivity contribution in [3.8, 4) is 0 Å². The molecule has 2 amide bonds. The van der Waals surface area contributed by atoms with Gasteiger partial charge in [0.15, 0.2) is 12.8 Å². The molecule has 0 saturated heterocycles. The molecule has 0 aliphatic carbocycles. The highest BCUT2D eigenvalue weighted by Gasteiger charge is 2.20. The minimum atomic E-state index is -0.937. The fourth-order valence-corrected chi connectivity index (χ4v) is 2.27. The molecular formula is C17H15Cl2N3O5. The smallest absolute Gasteiger partial charge is 0.405 e. The molecule has 1 N–H and O–H groups in total. The van der Waals surface area contributed by atoms with Crippen LogP contribution in [0.5, 0.6) is 0 Å². The van der Waals surface area contributed by atoms with Gasteiger partial charge in [0.2, 0.25) is 5.91 Å². The number of likely N-dealkylation sites (N-methyl/N-ethyl adjacent to an activating group) is 1. The van der Waals surface area contributed by atoms with Crippen LogP contribution in [0.2, 0.25) is 10.0 Å². The SMILES string of the molecule is CN(CC(=O)Nc1ccc(Cl)c(Cl)c1)C(=O)COC(=O)c1cccc[n+]1[O-]. The van der Waals surface area contributed by atoms with E-state index in [0.717, 1.165) is 11.1 Å². The highest BCUT2D eigenvalue weighted by atomic mass is 35.5. The predicted octanol–water partition coefficient (Wildman–Crippen LogP) is 1.88. The number of carbonyl (C=O) groups excluding carboxylic acids is 3. The number of carbonyl (C=O) groups is 3. The Morgan fingerprint density at radius 2 is 1.93 bits per heavy atom. The molecule has 0 radical (unpaired) electrons. The van der Waals surface area contributed by atoms with Crippen LogP contribution in [0.3, 0.4) is 0 Å². The van der Waals surface area contributed by atoms with Gasteiger partial charge in [0.25, 0.3) is 5.91 Å². The van der Waals surface area contributed by atoms with Gasteiger partial charge < -0.3 is 20.2 Å². The molecule has 0 unspecified atom stereocenters. The normalized spacial score (nSPS) is 10.2. The molecule has 27 heavy (non-hydrogen) atoms. The monoisotopic (exact) mass is 411 g/mol. The summed E-state index contributed by atoms with van der Waals surface area (Å²) in [4.78, 5) is 36.9. The summed E-state index contributed by atoms with van der Waals surface area (Å²) in [5, 5.41) is 14.6. The van der Waals surface area contributed by atoms with Gasteiger partial charge in [-0.2, -0.15) is 4.73 Å². The van der Waals surface area contributed by atoms with E-state index in [1.165, 1.54) is 37.4 Å². The number of nitrogens with zero attached hydrogens (tertiary/aromatic N) is 2. The second-order valence-corrected chi connectivity index (χ2v) is 6.23. The first-order valence-corrected chi connectivity index (χ1v) is 8.37. The summed E-state index contributed by atoms with van der Waals surface area (Å²) in [6.07, 6.45) is 1.14. The summed E-state index contributed by atoms with van der Waals surface area (Å²) in [5.41, 5.74) is 0.177. The van der Waals surface area contributed by atoms with E-state index in [4.69, 9.17) is 27.9 Å². The maximum Gasteiger partial charge on any atom is 0.405 e. The number of hydrogen-bond acceptors (Lipinski definition) is 5. The number of pyridine rings is 1. The molecule has 0 atom stereocenters. The lowest BCUT2D eigenvalue weighted by Crippen LogP contribution is -2.39. The van der Waals surface area contributed by atoms with Crippen LogP contribution in [0, 0.1) is 5.21 Å². The highest BCUT2D eigenvalue weighted by molar-refractivity contribution is 6.42. The number of aromatic nitrogens is 1. The van der Waals surface area contributed by atoms with Gasteiger partial charge in [-0.3, -0.25) is 9.59 Å². The number of esters is 1. The van der Waals surface area contributed by atoms with Gasteiger partial charge in [0, 0.05) is 24.9 Å². The summed E-state index contributed by atoms with van der Waals surface area (Å²) < 4.78 is 5.14. The van der Waals surface area contributed by atoms with Gasteiger partial charge in [0.1, 0.15) is 0 Å².